The Hall–Kier alpha value is -3.26. The van der Waals surface area contributed by atoms with Crippen LogP contribution >= 0.6 is 0 Å². The lowest BCUT2D eigenvalue weighted by Crippen LogP contribution is -2.46. The van der Waals surface area contributed by atoms with Crippen molar-refractivity contribution in [2.24, 2.45) is 5.41 Å². The number of nitrogens with zero attached hydrogens (tertiary/aromatic N) is 1. The Morgan fingerprint density at radius 2 is 1.74 bits per heavy atom. The SMILES string of the molecule is CC(C)(C)C1=C(C#N)[C@H](c2ccc(OCc3ccccc3)cc2)NC(=O)N1. The highest BCUT2D eigenvalue weighted by molar-refractivity contribution is 5.80. The second-order valence-corrected chi connectivity index (χ2v) is 7.53. The fraction of sp³-hybridized carbons (Fsp3) is 0.273. The van der Waals surface area contributed by atoms with E-state index in [-0.39, 0.29) is 11.4 Å². The molecule has 27 heavy (non-hydrogen) atoms. The van der Waals surface area contributed by atoms with Crippen molar-refractivity contribution in [1.82, 2.24) is 10.6 Å². The number of nitrogens with one attached hydrogen (secondary N) is 2. The Bertz CT molecular complexity index is 888. The molecule has 5 nitrogen and oxygen atoms in total. The van der Waals surface area contributed by atoms with Crippen molar-refractivity contribution >= 4 is 6.03 Å². The molecule has 3 rings (SSSR count). The Morgan fingerprint density at radius 3 is 2.33 bits per heavy atom. The number of amides is 2. The van der Waals surface area contributed by atoms with Crippen molar-refractivity contribution in [3.63, 3.8) is 0 Å². The lowest BCUT2D eigenvalue weighted by Gasteiger charge is -2.33. The van der Waals surface area contributed by atoms with Gasteiger partial charge in [0.05, 0.1) is 17.7 Å². The van der Waals surface area contributed by atoms with Crippen LogP contribution in [0, 0.1) is 16.7 Å². The summed E-state index contributed by atoms with van der Waals surface area (Å²) in [7, 11) is 0. The first-order chi connectivity index (χ1) is 12.9. The Kier molecular flexibility index (Phi) is 5.18. The quantitative estimate of drug-likeness (QED) is 0.845. The van der Waals surface area contributed by atoms with Crippen molar-refractivity contribution in [1.29, 1.82) is 5.26 Å². The fourth-order valence-corrected chi connectivity index (χ4v) is 3.02. The summed E-state index contributed by atoms with van der Waals surface area (Å²) in [4.78, 5) is 12.1. The van der Waals surface area contributed by atoms with E-state index in [0.717, 1.165) is 16.9 Å². The number of hydrogen-bond acceptors (Lipinski definition) is 3. The monoisotopic (exact) mass is 361 g/mol. The maximum absolute atomic E-state index is 12.1. The largest absolute Gasteiger partial charge is 0.489 e. The molecule has 2 N–H and O–H groups in total. The zero-order valence-corrected chi connectivity index (χ0v) is 15.7. The normalized spacial score (nSPS) is 17.0. The number of carbonyl (C=O) groups is 1. The van der Waals surface area contributed by atoms with Gasteiger partial charge in [0.2, 0.25) is 0 Å². The van der Waals surface area contributed by atoms with E-state index >= 15 is 0 Å². The molecule has 1 heterocycles. The molecule has 2 amide bonds. The molecule has 5 heteroatoms. The van der Waals surface area contributed by atoms with Crippen molar-refractivity contribution in [3.8, 4) is 11.8 Å². The molecule has 1 aliphatic rings. The van der Waals surface area contributed by atoms with E-state index in [1.807, 2.05) is 75.4 Å². The highest BCUT2D eigenvalue weighted by atomic mass is 16.5. The fourth-order valence-electron chi connectivity index (χ4n) is 3.02. The molecule has 138 valence electrons. The van der Waals surface area contributed by atoms with Crippen LogP contribution in [0.25, 0.3) is 0 Å². The predicted molar refractivity (Wildman–Crippen MR) is 104 cm³/mol. The average molecular weight is 361 g/mol. The van der Waals surface area contributed by atoms with Gasteiger partial charge in [0.1, 0.15) is 12.4 Å². The van der Waals surface area contributed by atoms with E-state index in [9.17, 15) is 10.1 Å². The van der Waals surface area contributed by atoms with Crippen LogP contribution in [0.3, 0.4) is 0 Å². The molecule has 0 aromatic heterocycles. The van der Waals surface area contributed by atoms with E-state index in [2.05, 4.69) is 16.7 Å². The summed E-state index contributed by atoms with van der Waals surface area (Å²) >= 11 is 0. The van der Waals surface area contributed by atoms with Gasteiger partial charge >= 0.3 is 6.03 Å². The summed E-state index contributed by atoms with van der Waals surface area (Å²) in [6.07, 6.45) is 0. The van der Waals surface area contributed by atoms with Gasteiger partial charge in [0, 0.05) is 11.1 Å². The predicted octanol–water partition coefficient (Wildman–Crippen LogP) is 4.44. The number of nitriles is 1. The van der Waals surface area contributed by atoms with Gasteiger partial charge in [-0.05, 0) is 23.3 Å². The first-order valence-electron chi connectivity index (χ1n) is 8.87. The third-order valence-electron chi connectivity index (χ3n) is 4.40. The standard InChI is InChI=1S/C22H23N3O2/c1-22(2,3)20-18(13-23)19(24-21(26)25-20)16-9-11-17(12-10-16)27-14-15-7-5-4-6-8-15/h4-12,19H,14H2,1-3H3,(H2,24,25,26)/t19-/m0/s1. The molecule has 0 saturated carbocycles. The zero-order chi connectivity index (χ0) is 19.4. The smallest absolute Gasteiger partial charge is 0.319 e. The second kappa shape index (κ2) is 7.55. The number of urea groups is 1. The van der Waals surface area contributed by atoms with E-state index in [1.165, 1.54) is 0 Å². The molecule has 0 fully saturated rings. The topological polar surface area (TPSA) is 74.1 Å². The van der Waals surface area contributed by atoms with Gasteiger partial charge in [-0.25, -0.2) is 4.79 Å². The lowest BCUT2D eigenvalue weighted by atomic mass is 9.84. The molecule has 1 aliphatic heterocycles. The van der Waals surface area contributed by atoms with Crippen LogP contribution in [0.5, 0.6) is 5.75 Å². The third kappa shape index (κ3) is 4.29. The Morgan fingerprint density at radius 1 is 1.07 bits per heavy atom. The van der Waals surface area contributed by atoms with Gasteiger partial charge < -0.3 is 15.4 Å². The minimum atomic E-state index is -0.471. The highest BCUT2D eigenvalue weighted by Crippen LogP contribution is 2.34. The van der Waals surface area contributed by atoms with Crippen LogP contribution in [0.1, 0.15) is 37.9 Å². The lowest BCUT2D eigenvalue weighted by molar-refractivity contribution is 0.235. The number of benzene rings is 2. The molecular weight excluding hydrogens is 338 g/mol. The van der Waals surface area contributed by atoms with Crippen LogP contribution < -0.4 is 15.4 Å². The third-order valence-corrected chi connectivity index (χ3v) is 4.40. The van der Waals surface area contributed by atoms with Crippen molar-refractivity contribution in [3.05, 3.63) is 77.0 Å². The van der Waals surface area contributed by atoms with Gasteiger partial charge in [-0.2, -0.15) is 5.26 Å². The second-order valence-electron chi connectivity index (χ2n) is 7.53. The number of rotatable bonds is 4. The molecule has 0 aliphatic carbocycles. The van der Waals surface area contributed by atoms with Gasteiger partial charge in [0.15, 0.2) is 0 Å². The van der Waals surface area contributed by atoms with E-state index in [1.54, 1.807) is 0 Å². The van der Waals surface area contributed by atoms with Crippen LogP contribution in [0.4, 0.5) is 4.79 Å². The molecule has 1 atom stereocenters. The maximum Gasteiger partial charge on any atom is 0.319 e. The average Bonchev–Trinajstić information content (AvgIpc) is 2.66. The molecule has 0 radical (unpaired) electrons. The van der Waals surface area contributed by atoms with Crippen molar-refractivity contribution in [2.75, 3.05) is 0 Å². The van der Waals surface area contributed by atoms with Gasteiger partial charge in [-0.1, -0.05) is 63.2 Å². The summed E-state index contributed by atoms with van der Waals surface area (Å²) in [5.74, 6) is 0.737. The molecular formula is C22H23N3O2. The summed E-state index contributed by atoms with van der Waals surface area (Å²) in [6.45, 7) is 6.41. The van der Waals surface area contributed by atoms with Gasteiger partial charge in [0.25, 0.3) is 0 Å². The summed E-state index contributed by atoms with van der Waals surface area (Å²) in [5, 5.41) is 15.3. The van der Waals surface area contributed by atoms with Crippen LogP contribution in [-0.2, 0) is 6.61 Å². The molecule has 2 aromatic rings. The Balaban J connectivity index is 1.81. The van der Waals surface area contributed by atoms with Crippen molar-refractivity contribution < 1.29 is 9.53 Å². The highest BCUT2D eigenvalue weighted by Gasteiger charge is 2.33. The molecule has 0 unspecified atom stereocenters. The van der Waals surface area contributed by atoms with E-state index in [0.29, 0.717) is 17.9 Å². The Labute approximate surface area is 159 Å². The van der Waals surface area contributed by atoms with Crippen LogP contribution in [0.2, 0.25) is 0 Å². The number of allylic oxidation sites excluding steroid dienone is 1. The minimum absolute atomic E-state index is 0.298. The molecule has 0 spiro atoms. The summed E-state index contributed by atoms with van der Waals surface area (Å²) < 4.78 is 5.81. The van der Waals surface area contributed by atoms with Crippen molar-refractivity contribution in [2.45, 2.75) is 33.4 Å². The minimum Gasteiger partial charge on any atom is -0.489 e. The number of carbonyl (C=O) groups excluding carboxylic acids is 1. The molecule has 0 saturated heterocycles. The first-order valence-corrected chi connectivity index (χ1v) is 8.87. The van der Waals surface area contributed by atoms with E-state index < -0.39 is 6.04 Å². The first kappa shape index (κ1) is 18.5. The van der Waals surface area contributed by atoms with Gasteiger partial charge in [-0.3, -0.25) is 0 Å². The summed E-state index contributed by atoms with van der Waals surface area (Å²) in [5.41, 5.74) is 2.79. The van der Waals surface area contributed by atoms with Crippen LogP contribution in [-0.4, -0.2) is 6.03 Å². The summed E-state index contributed by atoms with van der Waals surface area (Å²) in [6, 6.07) is 18.9. The molecule has 0 bridgehead atoms. The van der Waals surface area contributed by atoms with Crippen LogP contribution in [0.15, 0.2) is 65.9 Å². The molecule has 2 aromatic carbocycles. The zero-order valence-electron chi connectivity index (χ0n) is 15.7. The maximum atomic E-state index is 12.1. The number of ether oxygens (including phenoxy) is 1. The van der Waals surface area contributed by atoms with Gasteiger partial charge in [-0.15, -0.1) is 0 Å². The number of hydrogen-bond donors (Lipinski definition) is 2. The van der Waals surface area contributed by atoms with E-state index in [4.69, 9.17) is 4.74 Å².